The molecule has 0 aliphatic heterocycles. The van der Waals surface area contributed by atoms with Gasteiger partial charge in [-0.05, 0) is 38.3 Å². The minimum Gasteiger partial charge on any atom is -0.455 e. The summed E-state index contributed by atoms with van der Waals surface area (Å²) in [4.78, 5) is 23.2. The van der Waals surface area contributed by atoms with Crippen LogP contribution in [-0.4, -0.2) is 35.5 Å². The zero-order chi connectivity index (χ0) is 17.8. The van der Waals surface area contributed by atoms with Crippen molar-refractivity contribution in [2.75, 3.05) is 18.5 Å². The van der Waals surface area contributed by atoms with Crippen molar-refractivity contribution in [1.29, 1.82) is 0 Å². The second kappa shape index (κ2) is 7.91. The topological polar surface area (TPSA) is 71.3 Å². The number of aromatic nitrogens is 2. The van der Waals surface area contributed by atoms with Gasteiger partial charge in [-0.2, -0.15) is 0 Å². The lowest BCUT2D eigenvalue weighted by atomic mass is 10.4. The molecule has 2 aromatic rings. The van der Waals surface area contributed by atoms with Gasteiger partial charge in [-0.15, -0.1) is 0 Å². The third kappa shape index (κ3) is 4.98. The van der Waals surface area contributed by atoms with Gasteiger partial charge in [-0.25, -0.2) is 9.97 Å². The molecule has 3 rings (SSSR count). The zero-order valence-corrected chi connectivity index (χ0v) is 15.7. The van der Waals surface area contributed by atoms with Gasteiger partial charge >= 0.3 is 0 Å². The van der Waals surface area contributed by atoms with Crippen LogP contribution in [0, 0.1) is 6.92 Å². The number of carbonyl (C=O) groups is 1. The Morgan fingerprint density at radius 3 is 2.92 bits per heavy atom. The number of rotatable bonds is 8. The number of furan rings is 1. The predicted octanol–water partition coefficient (Wildman–Crippen LogP) is 3.41. The highest BCUT2D eigenvalue weighted by Crippen LogP contribution is 2.24. The molecule has 0 spiro atoms. The molecular weight excluding hydrogens is 336 g/mol. The molecule has 0 radical (unpaired) electrons. The Balaban J connectivity index is 1.61. The molecule has 1 aliphatic rings. The lowest BCUT2D eigenvalue weighted by Crippen LogP contribution is -2.24. The van der Waals surface area contributed by atoms with Crippen LogP contribution in [0.2, 0.25) is 0 Å². The number of anilines is 1. The fourth-order valence-corrected chi connectivity index (χ4v) is 3.23. The van der Waals surface area contributed by atoms with Gasteiger partial charge in [0.2, 0.25) is 0 Å². The summed E-state index contributed by atoms with van der Waals surface area (Å²) >= 11 is 1.51. The summed E-state index contributed by atoms with van der Waals surface area (Å²) in [5.74, 6) is 2.52. The van der Waals surface area contributed by atoms with Crippen LogP contribution in [0.1, 0.15) is 48.2 Å². The smallest absolute Gasteiger partial charge is 0.287 e. The van der Waals surface area contributed by atoms with Crippen LogP contribution in [0.4, 0.5) is 5.82 Å². The number of hydrogen-bond acceptors (Lipinski definition) is 6. The predicted molar refractivity (Wildman–Crippen MR) is 99.1 cm³/mol. The molecule has 1 amide bonds. The van der Waals surface area contributed by atoms with E-state index in [1.807, 2.05) is 26.1 Å². The Bertz CT molecular complexity index is 742. The van der Waals surface area contributed by atoms with Gasteiger partial charge < -0.3 is 14.6 Å². The summed E-state index contributed by atoms with van der Waals surface area (Å²) in [6, 6.07) is 5.89. The number of nitrogens with zero attached hydrogens (tertiary/aromatic N) is 3. The molecule has 134 valence electrons. The molecule has 0 aromatic carbocycles. The molecular formula is C18H24N4O2S. The third-order valence-corrected chi connectivity index (χ3v) is 4.78. The average molecular weight is 360 g/mol. The van der Waals surface area contributed by atoms with E-state index in [1.54, 1.807) is 6.07 Å². The van der Waals surface area contributed by atoms with E-state index >= 15 is 0 Å². The first-order valence-corrected chi connectivity index (χ1v) is 9.63. The van der Waals surface area contributed by atoms with Crippen molar-refractivity contribution in [3.8, 4) is 0 Å². The molecule has 1 saturated carbocycles. The minimum absolute atomic E-state index is 0.131. The highest BCUT2D eigenvalue weighted by molar-refractivity contribution is 7.98. The second-order valence-electron chi connectivity index (χ2n) is 6.37. The van der Waals surface area contributed by atoms with Gasteiger partial charge in [0.15, 0.2) is 10.9 Å². The molecule has 6 nitrogen and oxygen atoms in total. The van der Waals surface area contributed by atoms with Gasteiger partial charge in [-0.3, -0.25) is 4.79 Å². The highest BCUT2D eigenvalue weighted by atomic mass is 32.2. The van der Waals surface area contributed by atoms with E-state index in [9.17, 15) is 4.79 Å². The van der Waals surface area contributed by atoms with Crippen molar-refractivity contribution in [3.05, 3.63) is 35.4 Å². The molecule has 0 bridgehead atoms. The Hall–Kier alpha value is -2.02. The fourth-order valence-electron chi connectivity index (χ4n) is 2.43. The molecule has 7 heteroatoms. The van der Waals surface area contributed by atoms with Crippen LogP contribution in [0.25, 0.3) is 0 Å². The van der Waals surface area contributed by atoms with E-state index in [4.69, 9.17) is 4.42 Å². The van der Waals surface area contributed by atoms with Crippen molar-refractivity contribution in [1.82, 2.24) is 15.3 Å². The van der Waals surface area contributed by atoms with Crippen LogP contribution in [0.3, 0.4) is 0 Å². The maximum Gasteiger partial charge on any atom is 0.287 e. The van der Waals surface area contributed by atoms with E-state index in [2.05, 4.69) is 27.1 Å². The lowest BCUT2D eigenvalue weighted by Gasteiger charge is -2.17. The molecule has 1 N–H and O–H groups in total. The largest absolute Gasteiger partial charge is 0.455 e. The van der Waals surface area contributed by atoms with Crippen LogP contribution in [-0.2, 0) is 5.75 Å². The van der Waals surface area contributed by atoms with Crippen LogP contribution >= 0.6 is 11.8 Å². The van der Waals surface area contributed by atoms with Gasteiger partial charge in [0.05, 0.1) is 5.75 Å². The number of thioether (sulfide) groups is 1. The van der Waals surface area contributed by atoms with Crippen molar-refractivity contribution >= 4 is 23.5 Å². The summed E-state index contributed by atoms with van der Waals surface area (Å²) in [5, 5.41) is 3.65. The number of aryl methyl sites for hydroxylation is 1. The van der Waals surface area contributed by atoms with E-state index in [0.717, 1.165) is 48.2 Å². The fraction of sp³-hybridized carbons (Fsp3) is 0.500. The van der Waals surface area contributed by atoms with Gasteiger partial charge in [-0.1, -0.05) is 18.7 Å². The standard InChI is InChI=1S/C18H24N4O2S/c1-4-9-22(3)16-10-12(2)19-18(21-16)25-11-14-7-8-15(24-14)17(23)20-13-5-6-13/h7-8,10,13H,4-6,9,11H2,1-3H3,(H,20,23). The lowest BCUT2D eigenvalue weighted by molar-refractivity contribution is 0.0922. The summed E-state index contributed by atoms with van der Waals surface area (Å²) in [6.45, 7) is 5.08. The molecule has 2 aromatic heterocycles. The van der Waals surface area contributed by atoms with Gasteiger partial charge in [0.25, 0.3) is 5.91 Å². The summed E-state index contributed by atoms with van der Waals surface area (Å²) < 4.78 is 5.64. The Labute approximate surface area is 152 Å². The average Bonchev–Trinajstić information content (AvgIpc) is 3.26. The van der Waals surface area contributed by atoms with Crippen molar-refractivity contribution in [3.63, 3.8) is 0 Å². The molecule has 0 unspecified atom stereocenters. The summed E-state index contributed by atoms with van der Waals surface area (Å²) in [6.07, 6.45) is 3.20. The molecule has 1 fully saturated rings. The zero-order valence-electron chi connectivity index (χ0n) is 14.9. The first kappa shape index (κ1) is 17.8. The maximum absolute atomic E-state index is 12.0. The Morgan fingerprint density at radius 1 is 1.40 bits per heavy atom. The molecule has 1 aliphatic carbocycles. The summed E-state index contributed by atoms with van der Waals surface area (Å²) in [7, 11) is 2.04. The highest BCUT2D eigenvalue weighted by Gasteiger charge is 2.25. The molecule has 0 saturated heterocycles. The van der Waals surface area contributed by atoms with E-state index in [1.165, 1.54) is 11.8 Å². The van der Waals surface area contributed by atoms with Crippen molar-refractivity contribution in [2.45, 2.75) is 50.1 Å². The van der Waals surface area contributed by atoms with Gasteiger partial charge in [0.1, 0.15) is 11.6 Å². The Morgan fingerprint density at radius 2 is 2.20 bits per heavy atom. The second-order valence-corrected chi connectivity index (χ2v) is 7.32. The van der Waals surface area contributed by atoms with Crippen LogP contribution in [0.5, 0.6) is 0 Å². The first-order chi connectivity index (χ1) is 12.0. The number of carbonyl (C=O) groups excluding carboxylic acids is 1. The van der Waals surface area contributed by atoms with Crippen molar-refractivity contribution < 1.29 is 9.21 Å². The molecule has 0 atom stereocenters. The van der Waals surface area contributed by atoms with E-state index < -0.39 is 0 Å². The SMILES string of the molecule is CCCN(C)c1cc(C)nc(SCc2ccc(C(=O)NC3CC3)o2)n1. The van der Waals surface area contributed by atoms with Gasteiger partial charge in [0, 0.05) is 31.4 Å². The van der Waals surface area contributed by atoms with E-state index in [-0.39, 0.29) is 5.91 Å². The van der Waals surface area contributed by atoms with E-state index in [0.29, 0.717) is 17.6 Å². The van der Waals surface area contributed by atoms with Crippen LogP contribution in [0.15, 0.2) is 27.8 Å². The third-order valence-electron chi connectivity index (χ3n) is 3.91. The maximum atomic E-state index is 12.0. The number of amides is 1. The Kier molecular flexibility index (Phi) is 5.63. The normalized spacial score (nSPS) is 13.7. The number of hydrogen-bond donors (Lipinski definition) is 1. The number of nitrogens with one attached hydrogen (secondary N) is 1. The van der Waals surface area contributed by atoms with Crippen molar-refractivity contribution in [2.24, 2.45) is 0 Å². The van der Waals surface area contributed by atoms with Crippen LogP contribution < -0.4 is 10.2 Å². The first-order valence-electron chi connectivity index (χ1n) is 8.64. The molecule has 25 heavy (non-hydrogen) atoms. The molecule has 2 heterocycles. The summed E-state index contributed by atoms with van der Waals surface area (Å²) in [5.41, 5.74) is 0.944. The quantitative estimate of drug-likeness (QED) is 0.575. The minimum atomic E-state index is -0.131. The monoisotopic (exact) mass is 360 g/mol.